The minimum Gasteiger partial charge on any atom is -0.488 e. The van der Waals surface area contributed by atoms with Gasteiger partial charge in [0, 0.05) is 6.04 Å². The highest BCUT2D eigenvalue weighted by atomic mass is 16.5. The lowest BCUT2D eigenvalue weighted by Crippen LogP contribution is -2.51. The van der Waals surface area contributed by atoms with Crippen molar-refractivity contribution in [3.63, 3.8) is 0 Å². The molecule has 25 heavy (non-hydrogen) atoms. The number of rotatable bonds is 6. The molecule has 0 amide bonds. The number of hydrogen-bond acceptors (Lipinski definition) is 3. The number of aryl methyl sites for hydroxylation is 2. The third kappa shape index (κ3) is 4.83. The van der Waals surface area contributed by atoms with Crippen molar-refractivity contribution in [3.05, 3.63) is 65.2 Å². The van der Waals surface area contributed by atoms with Crippen LogP contribution in [0, 0.1) is 13.8 Å². The maximum atomic E-state index is 10.7. The van der Waals surface area contributed by atoms with Gasteiger partial charge in [0.2, 0.25) is 0 Å². The fourth-order valence-electron chi connectivity index (χ4n) is 3.64. The van der Waals surface area contributed by atoms with Gasteiger partial charge in [-0.05, 0) is 74.9 Å². The molecule has 1 fully saturated rings. The van der Waals surface area contributed by atoms with Gasteiger partial charge in [0.1, 0.15) is 18.0 Å². The highest BCUT2D eigenvalue weighted by molar-refractivity contribution is 5.28. The van der Waals surface area contributed by atoms with Crippen LogP contribution in [0.15, 0.2) is 48.5 Å². The zero-order chi connectivity index (χ0) is 17.6. The Hall–Kier alpha value is -1.84. The number of aliphatic hydroxyl groups excluding tert-OH is 1. The first-order chi connectivity index (χ1) is 12.1. The van der Waals surface area contributed by atoms with E-state index in [1.54, 1.807) is 0 Å². The molecule has 2 aromatic carbocycles. The van der Waals surface area contributed by atoms with Crippen molar-refractivity contribution in [2.45, 2.75) is 57.8 Å². The van der Waals surface area contributed by atoms with E-state index < -0.39 is 6.10 Å². The summed E-state index contributed by atoms with van der Waals surface area (Å²) < 4.78 is 6.07. The first-order valence-corrected chi connectivity index (χ1v) is 9.33. The van der Waals surface area contributed by atoms with Gasteiger partial charge in [-0.25, -0.2) is 0 Å². The van der Waals surface area contributed by atoms with Crippen LogP contribution in [0.3, 0.4) is 0 Å². The van der Waals surface area contributed by atoms with Crippen LogP contribution < -0.4 is 10.1 Å². The van der Waals surface area contributed by atoms with Crippen molar-refractivity contribution >= 4 is 0 Å². The summed E-state index contributed by atoms with van der Waals surface area (Å²) in [5.74, 6) is 0.851. The Morgan fingerprint density at radius 1 is 1.08 bits per heavy atom. The molecule has 3 heteroatoms. The van der Waals surface area contributed by atoms with E-state index in [2.05, 4.69) is 49.5 Å². The van der Waals surface area contributed by atoms with Crippen molar-refractivity contribution in [1.82, 2.24) is 5.32 Å². The van der Waals surface area contributed by atoms with E-state index >= 15 is 0 Å². The SMILES string of the molecule is Cc1cccc(O[C@@H]2CCC[C@H](NCCc3ccccc3C)[C@H]2O)c1. The minimum absolute atomic E-state index is 0.104. The van der Waals surface area contributed by atoms with Crippen LogP contribution >= 0.6 is 0 Å². The quantitative estimate of drug-likeness (QED) is 0.841. The predicted octanol–water partition coefficient (Wildman–Crippen LogP) is 3.80. The molecule has 0 bridgehead atoms. The van der Waals surface area contributed by atoms with Crippen molar-refractivity contribution < 1.29 is 9.84 Å². The first-order valence-electron chi connectivity index (χ1n) is 9.33. The topological polar surface area (TPSA) is 41.5 Å². The molecule has 1 aliphatic rings. The van der Waals surface area contributed by atoms with E-state index in [1.165, 1.54) is 16.7 Å². The summed E-state index contributed by atoms with van der Waals surface area (Å²) in [5, 5.41) is 14.3. The second-order valence-corrected chi connectivity index (χ2v) is 7.13. The molecular formula is C22H29NO2. The van der Waals surface area contributed by atoms with Crippen molar-refractivity contribution in [2.75, 3.05) is 6.54 Å². The van der Waals surface area contributed by atoms with E-state index in [-0.39, 0.29) is 12.1 Å². The minimum atomic E-state index is -0.467. The summed E-state index contributed by atoms with van der Waals surface area (Å²) in [6.07, 6.45) is 3.38. The average Bonchev–Trinajstić information content (AvgIpc) is 2.60. The second kappa shape index (κ2) is 8.50. The molecule has 3 atom stereocenters. The Bertz CT molecular complexity index is 685. The zero-order valence-electron chi connectivity index (χ0n) is 15.2. The monoisotopic (exact) mass is 339 g/mol. The molecule has 2 N–H and O–H groups in total. The summed E-state index contributed by atoms with van der Waals surface area (Å²) in [6, 6.07) is 16.6. The molecule has 2 aromatic rings. The fourth-order valence-corrected chi connectivity index (χ4v) is 3.64. The molecule has 0 saturated heterocycles. The lowest BCUT2D eigenvalue weighted by molar-refractivity contribution is -0.0151. The van der Waals surface area contributed by atoms with Gasteiger partial charge < -0.3 is 15.2 Å². The van der Waals surface area contributed by atoms with Crippen molar-refractivity contribution in [2.24, 2.45) is 0 Å². The van der Waals surface area contributed by atoms with E-state index in [9.17, 15) is 5.11 Å². The second-order valence-electron chi connectivity index (χ2n) is 7.13. The zero-order valence-corrected chi connectivity index (χ0v) is 15.2. The average molecular weight is 339 g/mol. The maximum Gasteiger partial charge on any atom is 0.126 e. The third-order valence-electron chi connectivity index (χ3n) is 5.14. The van der Waals surface area contributed by atoms with Crippen LogP contribution in [-0.2, 0) is 6.42 Å². The number of ether oxygens (including phenoxy) is 1. The van der Waals surface area contributed by atoms with Crippen molar-refractivity contribution in [3.8, 4) is 5.75 Å². The Balaban J connectivity index is 1.53. The predicted molar refractivity (Wildman–Crippen MR) is 102 cm³/mol. The normalized spacial score (nSPS) is 23.4. The number of benzene rings is 2. The van der Waals surface area contributed by atoms with E-state index in [1.807, 2.05) is 18.2 Å². The standard InChI is InChI=1S/C22H29NO2/c1-16-7-5-10-19(15-16)25-21-12-6-11-20(22(21)24)23-14-13-18-9-4-3-8-17(18)2/h3-5,7-10,15,20-24H,6,11-14H2,1-2H3/t20-,21+,22+/m0/s1. The fraction of sp³-hybridized carbons (Fsp3) is 0.455. The van der Waals surface area contributed by atoms with E-state index in [0.29, 0.717) is 0 Å². The lowest BCUT2D eigenvalue weighted by Gasteiger charge is -2.35. The maximum absolute atomic E-state index is 10.7. The number of hydrogen-bond donors (Lipinski definition) is 2. The molecule has 3 rings (SSSR count). The van der Waals surface area contributed by atoms with Crippen LogP contribution in [-0.4, -0.2) is 29.9 Å². The lowest BCUT2D eigenvalue weighted by atomic mass is 9.89. The molecule has 134 valence electrons. The molecule has 0 heterocycles. The van der Waals surface area contributed by atoms with Gasteiger partial charge in [-0.1, -0.05) is 36.4 Å². The molecular weight excluding hydrogens is 310 g/mol. The van der Waals surface area contributed by atoms with Crippen LogP contribution in [0.2, 0.25) is 0 Å². The molecule has 0 unspecified atom stereocenters. The Morgan fingerprint density at radius 2 is 1.92 bits per heavy atom. The van der Waals surface area contributed by atoms with Crippen LogP contribution in [0.4, 0.5) is 0 Å². The van der Waals surface area contributed by atoms with Gasteiger partial charge in [0.25, 0.3) is 0 Å². The van der Waals surface area contributed by atoms with Crippen LogP contribution in [0.1, 0.15) is 36.0 Å². The molecule has 0 spiro atoms. The van der Waals surface area contributed by atoms with Gasteiger partial charge in [0.05, 0.1) is 0 Å². The van der Waals surface area contributed by atoms with Crippen LogP contribution in [0.25, 0.3) is 0 Å². The van der Waals surface area contributed by atoms with Crippen molar-refractivity contribution in [1.29, 1.82) is 0 Å². The largest absolute Gasteiger partial charge is 0.488 e. The summed E-state index contributed by atoms with van der Waals surface area (Å²) in [6.45, 7) is 5.08. The Kier molecular flexibility index (Phi) is 6.11. The summed E-state index contributed by atoms with van der Waals surface area (Å²) >= 11 is 0. The molecule has 0 aromatic heterocycles. The smallest absolute Gasteiger partial charge is 0.126 e. The molecule has 0 radical (unpaired) electrons. The van der Waals surface area contributed by atoms with Gasteiger partial charge in [-0.15, -0.1) is 0 Å². The molecule has 3 nitrogen and oxygen atoms in total. The van der Waals surface area contributed by atoms with Crippen LogP contribution in [0.5, 0.6) is 5.75 Å². The molecule has 1 aliphatic carbocycles. The Labute approximate surface area is 151 Å². The van der Waals surface area contributed by atoms with Gasteiger partial charge >= 0.3 is 0 Å². The summed E-state index contributed by atoms with van der Waals surface area (Å²) in [7, 11) is 0. The highest BCUT2D eigenvalue weighted by Crippen LogP contribution is 2.25. The van der Waals surface area contributed by atoms with Gasteiger partial charge in [-0.2, -0.15) is 0 Å². The first kappa shape index (κ1) is 18.0. The summed E-state index contributed by atoms with van der Waals surface area (Å²) in [4.78, 5) is 0. The van der Waals surface area contributed by atoms with E-state index in [0.717, 1.165) is 38.0 Å². The highest BCUT2D eigenvalue weighted by Gasteiger charge is 2.32. The van der Waals surface area contributed by atoms with Gasteiger partial charge in [-0.3, -0.25) is 0 Å². The summed E-state index contributed by atoms with van der Waals surface area (Å²) in [5.41, 5.74) is 3.87. The Morgan fingerprint density at radius 3 is 2.72 bits per heavy atom. The third-order valence-corrected chi connectivity index (χ3v) is 5.14. The van der Waals surface area contributed by atoms with Gasteiger partial charge in [0.15, 0.2) is 0 Å². The number of aliphatic hydroxyl groups is 1. The molecule has 1 saturated carbocycles. The number of nitrogens with one attached hydrogen (secondary N) is 1. The molecule has 0 aliphatic heterocycles. The van der Waals surface area contributed by atoms with E-state index in [4.69, 9.17) is 4.74 Å².